The van der Waals surface area contributed by atoms with Crippen LogP contribution in [0.25, 0.3) is 0 Å². The van der Waals surface area contributed by atoms with Gasteiger partial charge in [-0.05, 0) is 37.1 Å². The van der Waals surface area contributed by atoms with Crippen molar-refractivity contribution >= 4 is 11.9 Å². The van der Waals surface area contributed by atoms with Crippen molar-refractivity contribution in [1.82, 2.24) is 20.6 Å². The number of rotatable bonds is 5. The first-order valence-corrected chi connectivity index (χ1v) is 9.83. The summed E-state index contributed by atoms with van der Waals surface area (Å²) < 4.78 is 0. The number of carbonyl (C=O) groups excluding carboxylic acids is 2. The van der Waals surface area contributed by atoms with Gasteiger partial charge in [-0.2, -0.15) is 0 Å². The summed E-state index contributed by atoms with van der Waals surface area (Å²) in [6.07, 6.45) is 0. The van der Waals surface area contributed by atoms with Crippen LogP contribution in [0.5, 0.6) is 0 Å². The Labute approximate surface area is 171 Å². The van der Waals surface area contributed by atoms with Crippen molar-refractivity contribution < 1.29 is 14.8 Å². The predicted molar refractivity (Wildman–Crippen MR) is 110 cm³/mol. The highest BCUT2D eigenvalue weighted by Gasteiger charge is 2.31. The lowest BCUT2D eigenvalue weighted by atomic mass is 10.1. The topological polar surface area (TPSA) is 84.9 Å². The number of hydroxylamine groups is 1. The highest BCUT2D eigenvalue weighted by Crippen LogP contribution is 2.19. The minimum Gasteiger partial charge on any atom is -0.334 e. The van der Waals surface area contributed by atoms with E-state index in [-0.39, 0.29) is 18.1 Å². The van der Waals surface area contributed by atoms with Gasteiger partial charge in [-0.3, -0.25) is 14.9 Å². The second-order valence-corrected chi connectivity index (χ2v) is 7.56. The van der Waals surface area contributed by atoms with Crippen molar-refractivity contribution in [2.75, 3.05) is 13.1 Å². The number of urea groups is 1. The molecule has 3 N–H and O–H groups in total. The Morgan fingerprint density at radius 2 is 1.59 bits per heavy atom. The van der Waals surface area contributed by atoms with Gasteiger partial charge in [0, 0.05) is 43.8 Å². The molecule has 1 aliphatic heterocycles. The van der Waals surface area contributed by atoms with Crippen molar-refractivity contribution in [3.05, 3.63) is 71.3 Å². The van der Waals surface area contributed by atoms with E-state index < -0.39 is 5.91 Å². The molecule has 2 aromatic rings. The van der Waals surface area contributed by atoms with Crippen LogP contribution < -0.4 is 10.8 Å². The fraction of sp³-hybridized carbons (Fsp3) is 0.364. The van der Waals surface area contributed by atoms with Crippen LogP contribution in [-0.4, -0.2) is 52.1 Å². The fourth-order valence-corrected chi connectivity index (χ4v) is 3.76. The van der Waals surface area contributed by atoms with Gasteiger partial charge in [0.15, 0.2) is 0 Å². The Morgan fingerprint density at radius 1 is 0.966 bits per heavy atom. The smallest absolute Gasteiger partial charge is 0.317 e. The first-order chi connectivity index (χ1) is 14.0. The highest BCUT2D eigenvalue weighted by atomic mass is 16.5. The quantitative estimate of drug-likeness (QED) is 0.536. The molecule has 0 bridgehead atoms. The Kier molecular flexibility index (Phi) is 6.85. The zero-order valence-corrected chi connectivity index (χ0v) is 16.8. The van der Waals surface area contributed by atoms with E-state index in [4.69, 9.17) is 5.21 Å². The summed E-state index contributed by atoms with van der Waals surface area (Å²) in [6, 6.07) is 17.5. The Hall–Kier alpha value is -2.90. The van der Waals surface area contributed by atoms with Gasteiger partial charge in [0.25, 0.3) is 5.91 Å². The zero-order valence-electron chi connectivity index (χ0n) is 16.8. The molecule has 1 unspecified atom stereocenters. The Balaban J connectivity index is 1.55. The third-order valence-electron chi connectivity index (χ3n) is 5.36. The molecule has 3 amide bonds. The standard InChI is InChI=1S/C22H28N4O3/c1-16-13-25(22(28)23-12-18-6-4-3-5-7-18)14-17(2)26(16)15-19-8-10-20(11-9-19)21(27)24-29/h3-11,16-17,29H,12-15H2,1-2H3,(H,23,28)(H,24,27)/t16-,17?/m0/s1. The van der Waals surface area contributed by atoms with Crippen LogP contribution in [-0.2, 0) is 13.1 Å². The first kappa shape index (κ1) is 20.8. The molecule has 7 heteroatoms. The maximum absolute atomic E-state index is 12.6. The van der Waals surface area contributed by atoms with Crippen molar-refractivity contribution in [3.63, 3.8) is 0 Å². The van der Waals surface area contributed by atoms with Crippen molar-refractivity contribution in [2.24, 2.45) is 0 Å². The molecule has 2 atom stereocenters. The maximum atomic E-state index is 12.6. The number of benzene rings is 2. The minimum atomic E-state index is -0.520. The van der Waals surface area contributed by atoms with Crippen LogP contribution in [0.4, 0.5) is 4.79 Å². The molecule has 0 radical (unpaired) electrons. The van der Waals surface area contributed by atoms with E-state index in [0.29, 0.717) is 25.2 Å². The molecule has 1 saturated heterocycles. The van der Waals surface area contributed by atoms with Crippen molar-refractivity contribution in [2.45, 2.75) is 39.0 Å². The van der Waals surface area contributed by atoms with Gasteiger partial charge >= 0.3 is 6.03 Å². The predicted octanol–water partition coefficient (Wildman–Crippen LogP) is 2.61. The van der Waals surface area contributed by atoms with E-state index in [1.54, 1.807) is 17.6 Å². The van der Waals surface area contributed by atoms with E-state index in [1.165, 1.54) is 0 Å². The Morgan fingerprint density at radius 3 is 2.17 bits per heavy atom. The fourth-order valence-electron chi connectivity index (χ4n) is 3.76. The van der Waals surface area contributed by atoms with E-state index in [2.05, 4.69) is 24.1 Å². The normalized spacial score (nSPS) is 19.6. The third kappa shape index (κ3) is 5.34. The van der Waals surface area contributed by atoms with Crippen LogP contribution >= 0.6 is 0 Å². The molecule has 29 heavy (non-hydrogen) atoms. The number of carbonyl (C=O) groups is 2. The largest absolute Gasteiger partial charge is 0.334 e. The summed E-state index contributed by atoms with van der Waals surface area (Å²) >= 11 is 0. The average Bonchev–Trinajstić information content (AvgIpc) is 2.75. The van der Waals surface area contributed by atoms with Crippen LogP contribution in [0.1, 0.15) is 35.3 Å². The van der Waals surface area contributed by atoms with Crippen molar-refractivity contribution in [1.29, 1.82) is 0 Å². The lowest BCUT2D eigenvalue weighted by Crippen LogP contribution is -2.59. The van der Waals surface area contributed by atoms with E-state index >= 15 is 0 Å². The molecular weight excluding hydrogens is 368 g/mol. The number of amides is 3. The molecule has 3 rings (SSSR count). The third-order valence-corrected chi connectivity index (χ3v) is 5.36. The molecule has 0 aliphatic carbocycles. The van der Waals surface area contributed by atoms with Crippen LogP contribution in [0, 0.1) is 0 Å². The monoisotopic (exact) mass is 396 g/mol. The summed E-state index contributed by atoms with van der Waals surface area (Å²) in [7, 11) is 0. The summed E-state index contributed by atoms with van der Waals surface area (Å²) in [5, 5.41) is 11.7. The molecular formula is C22H28N4O3. The number of piperazine rings is 1. The van der Waals surface area contributed by atoms with Gasteiger partial charge in [-0.25, -0.2) is 10.3 Å². The zero-order chi connectivity index (χ0) is 20.8. The van der Waals surface area contributed by atoms with Gasteiger partial charge in [0.05, 0.1) is 0 Å². The molecule has 0 spiro atoms. The van der Waals surface area contributed by atoms with Gasteiger partial charge < -0.3 is 10.2 Å². The molecule has 0 aromatic heterocycles. The minimum absolute atomic E-state index is 0.0356. The van der Waals surface area contributed by atoms with Crippen LogP contribution in [0.3, 0.4) is 0 Å². The van der Waals surface area contributed by atoms with Gasteiger partial charge in [-0.1, -0.05) is 42.5 Å². The second kappa shape index (κ2) is 9.54. The van der Waals surface area contributed by atoms with Crippen LogP contribution in [0.15, 0.2) is 54.6 Å². The molecule has 2 aromatic carbocycles. The lowest BCUT2D eigenvalue weighted by molar-refractivity contribution is 0.0491. The molecule has 1 fully saturated rings. The number of hydrogen-bond acceptors (Lipinski definition) is 4. The summed E-state index contributed by atoms with van der Waals surface area (Å²) in [5.74, 6) is -0.520. The summed E-state index contributed by atoms with van der Waals surface area (Å²) in [4.78, 5) is 28.3. The maximum Gasteiger partial charge on any atom is 0.317 e. The molecule has 1 aliphatic rings. The Bertz CT molecular complexity index is 814. The summed E-state index contributed by atoms with van der Waals surface area (Å²) in [6.45, 7) is 6.84. The summed E-state index contributed by atoms with van der Waals surface area (Å²) in [5.41, 5.74) is 4.22. The first-order valence-electron chi connectivity index (χ1n) is 9.83. The SMILES string of the molecule is CC1CN(C(=O)NCc2ccccc2)C[C@H](C)N1Cc1ccc(C(=O)NO)cc1. The number of hydrogen-bond donors (Lipinski definition) is 3. The number of nitrogens with zero attached hydrogens (tertiary/aromatic N) is 2. The van der Waals surface area contributed by atoms with Gasteiger partial charge in [-0.15, -0.1) is 0 Å². The van der Waals surface area contributed by atoms with Gasteiger partial charge in [0.1, 0.15) is 0 Å². The second-order valence-electron chi connectivity index (χ2n) is 7.56. The highest BCUT2D eigenvalue weighted by molar-refractivity contribution is 5.93. The van der Waals surface area contributed by atoms with E-state index in [0.717, 1.165) is 17.7 Å². The molecule has 154 valence electrons. The lowest BCUT2D eigenvalue weighted by Gasteiger charge is -2.44. The van der Waals surface area contributed by atoms with Crippen LogP contribution in [0.2, 0.25) is 0 Å². The molecule has 1 heterocycles. The molecule has 7 nitrogen and oxygen atoms in total. The van der Waals surface area contributed by atoms with E-state index in [1.807, 2.05) is 47.4 Å². The van der Waals surface area contributed by atoms with Crippen molar-refractivity contribution in [3.8, 4) is 0 Å². The molecule has 0 saturated carbocycles. The number of nitrogens with one attached hydrogen (secondary N) is 2. The average molecular weight is 396 g/mol. The van der Waals surface area contributed by atoms with Gasteiger partial charge in [0.2, 0.25) is 0 Å². The van der Waals surface area contributed by atoms with E-state index in [9.17, 15) is 9.59 Å².